The molecule has 0 heterocycles. The molecule has 3 heteroatoms. The van der Waals surface area contributed by atoms with Gasteiger partial charge in [-0.3, -0.25) is 0 Å². The molecule has 0 aromatic heterocycles. The Kier molecular flexibility index (Phi) is 8.01. The number of rotatable bonds is 6. The Bertz CT molecular complexity index is 313. The van der Waals surface area contributed by atoms with Gasteiger partial charge in [0.2, 0.25) is 0 Å². The highest BCUT2D eigenvalue weighted by atomic mass is 35.5. The van der Waals surface area contributed by atoms with Crippen LogP contribution in [0.3, 0.4) is 0 Å². The van der Waals surface area contributed by atoms with E-state index >= 15 is 0 Å². The van der Waals surface area contributed by atoms with E-state index in [-0.39, 0.29) is 12.4 Å². The van der Waals surface area contributed by atoms with Crippen LogP contribution in [0.2, 0.25) is 0 Å². The molecule has 17 heavy (non-hydrogen) atoms. The van der Waals surface area contributed by atoms with Gasteiger partial charge in [-0.05, 0) is 38.1 Å². The molecule has 0 N–H and O–H groups in total. The molecule has 0 fully saturated rings. The van der Waals surface area contributed by atoms with Crippen molar-refractivity contribution in [3.8, 4) is 5.75 Å². The summed E-state index contributed by atoms with van der Waals surface area (Å²) < 4.78 is 5.81. The van der Waals surface area contributed by atoms with Gasteiger partial charge in [0.1, 0.15) is 12.4 Å². The van der Waals surface area contributed by atoms with Crippen LogP contribution in [0.15, 0.2) is 24.3 Å². The van der Waals surface area contributed by atoms with E-state index in [1.165, 1.54) is 5.56 Å². The average Bonchev–Trinajstić information content (AvgIpc) is 2.19. The number of nitrogens with zero attached hydrogens (tertiary/aromatic N) is 1. The van der Waals surface area contributed by atoms with E-state index in [0.717, 1.165) is 25.3 Å². The minimum absolute atomic E-state index is 0. The zero-order chi connectivity index (χ0) is 12.0. The molecule has 0 aliphatic rings. The summed E-state index contributed by atoms with van der Waals surface area (Å²) in [7, 11) is 4.12. The van der Waals surface area contributed by atoms with E-state index < -0.39 is 0 Å². The van der Waals surface area contributed by atoms with Crippen LogP contribution in [0.5, 0.6) is 5.75 Å². The Morgan fingerprint density at radius 2 is 1.82 bits per heavy atom. The lowest BCUT2D eigenvalue weighted by atomic mass is 10.0. The van der Waals surface area contributed by atoms with Crippen molar-refractivity contribution in [1.82, 2.24) is 4.90 Å². The zero-order valence-corrected chi connectivity index (χ0v) is 12.0. The number of para-hydroxylation sites is 1. The Hall–Kier alpha value is -0.730. The first kappa shape index (κ1) is 16.3. The van der Waals surface area contributed by atoms with Crippen LogP contribution in [0.1, 0.15) is 19.4 Å². The molecule has 98 valence electrons. The first-order valence-corrected chi connectivity index (χ1v) is 5.95. The van der Waals surface area contributed by atoms with Crippen LogP contribution in [0.25, 0.3) is 0 Å². The molecular weight excluding hydrogens is 234 g/mol. The summed E-state index contributed by atoms with van der Waals surface area (Å²) in [5.74, 6) is 1.71. The molecule has 1 aromatic carbocycles. The summed E-state index contributed by atoms with van der Waals surface area (Å²) in [6.45, 7) is 6.17. The minimum atomic E-state index is 0. The molecule has 0 atom stereocenters. The van der Waals surface area contributed by atoms with Crippen LogP contribution < -0.4 is 17.1 Å². The van der Waals surface area contributed by atoms with Gasteiger partial charge in [-0.1, -0.05) is 32.0 Å². The molecule has 0 aliphatic carbocycles. The fourth-order valence-electron chi connectivity index (χ4n) is 1.59. The largest absolute Gasteiger partial charge is 1.00 e. The molecule has 0 bridgehead atoms. The number of ether oxygens (including phenoxy) is 1. The summed E-state index contributed by atoms with van der Waals surface area (Å²) in [5, 5.41) is 0. The summed E-state index contributed by atoms with van der Waals surface area (Å²) in [5.41, 5.74) is 1.32. The van der Waals surface area contributed by atoms with Crippen molar-refractivity contribution < 1.29 is 17.1 Å². The van der Waals surface area contributed by atoms with Gasteiger partial charge in [0.05, 0.1) is 0 Å². The third kappa shape index (κ3) is 6.54. The van der Waals surface area contributed by atoms with Gasteiger partial charge in [-0.2, -0.15) is 0 Å². The van der Waals surface area contributed by atoms with Gasteiger partial charge in [0, 0.05) is 6.54 Å². The van der Waals surface area contributed by atoms with E-state index in [0.29, 0.717) is 5.92 Å². The van der Waals surface area contributed by atoms with Crippen molar-refractivity contribution >= 4 is 0 Å². The lowest BCUT2D eigenvalue weighted by molar-refractivity contribution is -0.00000418. The summed E-state index contributed by atoms with van der Waals surface area (Å²) in [6.07, 6.45) is 1.08. The quantitative estimate of drug-likeness (QED) is 0.701. The fraction of sp³-hybridized carbons (Fsp3) is 0.571. The third-order valence-electron chi connectivity index (χ3n) is 2.40. The van der Waals surface area contributed by atoms with E-state index in [4.69, 9.17) is 4.74 Å². The van der Waals surface area contributed by atoms with Crippen LogP contribution in [-0.2, 0) is 6.42 Å². The second-order valence-electron chi connectivity index (χ2n) is 4.86. The monoisotopic (exact) mass is 256 g/mol. The molecule has 0 radical (unpaired) electrons. The Morgan fingerprint density at radius 3 is 2.41 bits per heavy atom. The van der Waals surface area contributed by atoms with Gasteiger partial charge in [0.15, 0.2) is 0 Å². The maximum absolute atomic E-state index is 5.81. The molecule has 0 saturated carbocycles. The molecule has 0 amide bonds. The van der Waals surface area contributed by atoms with Crippen molar-refractivity contribution in [3.63, 3.8) is 0 Å². The van der Waals surface area contributed by atoms with Crippen molar-refractivity contribution in [2.24, 2.45) is 5.92 Å². The van der Waals surface area contributed by atoms with Gasteiger partial charge >= 0.3 is 0 Å². The maximum Gasteiger partial charge on any atom is 0.122 e. The third-order valence-corrected chi connectivity index (χ3v) is 2.40. The molecule has 0 spiro atoms. The molecular formula is C14H23ClNO-. The van der Waals surface area contributed by atoms with Crippen molar-refractivity contribution in [2.45, 2.75) is 20.3 Å². The summed E-state index contributed by atoms with van der Waals surface area (Å²) in [6, 6.07) is 8.34. The first-order chi connectivity index (χ1) is 7.59. The van der Waals surface area contributed by atoms with E-state index in [1.54, 1.807) is 0 Å². The molecule has 0 unspecified atom stereocenters. The molecule has 0 saturated heterocycles. The minimum Gasteiger partial charge on any atom is -1.00 e. The van der Waals surface area contributed by atoms with Crippen molar-refractivity contribution in [1.29, 1.82) is 0 Å². The number of benzene rings is 1. The predicted molar refractivity (Wildman–Crippen MR) is 69.0 cm³/mol. The lowest BCUT2D eigenvalue weighted by Gasteiger charge is -2.14. The van der Waals surface area contributed by atoms with E-state index in [1.807, 2.05) is 6.07 Å². The molecule has 0 aliphatic heterocycles. The second kappa shape index (κ2) is 8.37. The normalized spacial score (nSPS) is 10.5. The van der Waals surface area contributed by atoms with Gasteiger partial charge < -0.3 is 22.0 Å². The Labute approximate surface area is 111 Å². The van der Waals surface area contributed by atoms with Gasteiger partial charge in [-0.25, -0.2) is 0 Å². The number of likely N-dealkylation sites (N-methyl/N-ethyl adjacent to an activating group) is 1. The molecule has 1 aromatic rings. The predicted octanol–water partition coefficient (Wildman–Crippen LogP) is -0.170. The highest BCUT2D eigenvalue weighted by Gasteiger charge is 2.05. The molecule has 1 rings (SSSR count). The molecule has 2 nitrogen and oxygen atoms in total. The van der Waals surface area contributed by atoms with Crippen molar-refractivity contribution in [3.05, 3.63) is 29.8 Å². The second-order valence-corrected chi connectivity index (χ2v) is 4.86. The Morgan fingerprint density at radius 1 is 1.18 bits per heavy atom. The lowest BCUT2D eigenvalue weighted by Crippen LogP contribution is -3.00. The fourth-order valence-corrected chi connectivity index (χ4v) is 1.59. The van der Waals surface area contributed by atoms with Gasteiger partial charge in [-0.15, -0.1) is 0 Å². The first-order valence-electron chi connectivity index (χ1n) is 5.95. The number of halogens is 1. The van der Waals surface area contributed by atoms with Crippen LogP contribution in [0.4, 0.5) is 0 Å². The highest BCUT2D eigenvalue weighted by molar-refractivity contribution is 5.33. The SMILES string of the molecule is CC(C)Cc1ccccc1OCCN(C)C.[Cl-]. The van der Waals surface area contributed by atoms with Crippen LogP contribution in [-0.4, -0.2) is 32.1 Å². The van der Waals surface area contributed by atoms with Crippen molar-refractivity contribution in [2.75, 3.05) is 27.2 Å². The van der Waals surface area contributed by atoms with Crippen LogP contribution >= 0.6 is 0 Å². The highest BCUT2D eigenvalue weighted by Crippen LogP contribution is 2.21. The Balaban J connectivity index is 0.00000256. The van der Waals surface area contributed by atoms with E-state index in [2.05, 4.69) is 51.0 Å². The summed E-state index contributed by atoms with van der Waals surface area (Å²) >= 11 is 0. The summed E-state index contributed by atoms with van der Waals surface area (Å²) in [4.78, 5) is 2.13. The van der Waals surface area contributed by atoms with Crippen LogP contribution in [0, 0.1) is 5.92 Å². The zero-order valence-electron chi connectivity index (χ0n) is 11.2. The number of hydrogen-bond acceptors (Lipinski definition) is 2. The number of hydrogen-bond donors (Lipinski definition) is 0. The smallest absolute Gasteiger partial charge is 0.122 e. The van der Waals surface area contributed by atoms with Gasteiger partial charge in [0.25, 0.3) is 0 Å². The maximum atomic E-state index is 5.81. The average molecular weight is 257 g/mol. The standard InChI is InChI=1S/C14H23NO.ClH/c1-12(2)11-13-7-5-6-8-14(13)16-10-9-15(3)4;/h5-8,12H,9-11H2,1-4H3;1H/p-1. The van der Waals surface area contributed by atoms with E-state index in [9.17, 15) is 0 Å². The topological polar surface area (TPSA) is 12.5 Å².